The quantitative estimate of drug-likeness (QED) is 0.0513. The Hall–Kier alpha value is -2.15. The van der Waals surface area contributed by atoms with Gasteiger partial charge in [0.15, 0.2) is 0 Å². The second-order valence-corrected chi connectivity index (χ2v) is 16.8. The predicted molar refractivity (Wildman–Crippen MR) is 174 cm³/mol. The van der Waals surface area contributed by atoms with Crippen molar-refractivity contribution < 1.29 is 14.6 Å². The molecule has 0 aliphatic rings. The first kappa shape index (κ1) is 35.0. The van der Waals surface area contributed by atoms with Gasteiger partial charge in [-0.15, -0.1) is 0 Å². The first-order chi connectivity index (χ1) is 19.8. The first-order valence-electron chi connectivity index (χ1n) is 15.9. The smallest absolute Gasteiger partial charge is 0.261 e. The van der Waals surface area contributed by atoms with Gasteiger partial charge in [0.05, 0.1) is 18.2 Å². The zero-order chi connectivity index (χ0) is 30.0. The molecule has 2 aromatic carbocycles. The highest BCUT2D eigenvalue weighted by Crippen LogP contribution is 2.37. The van der Waals surface area contributed by atoms with Crippen LogP contribution >= 0.6 is 0 Å². The first-order valence-corrected chi connectivity index (χ1v) is 17.8. The van der Waals surface area contributed by atoms with Crippen molar-refractivity contribution in [2.75, 3.05) is 6.61 Å². The van der Waals surface area contributed by atoms with Crippen LogP contribution in [0.25, 0.3) is 10.4 Å². The van der Waals surface area contributed by atoms with Gasteiger partial charge in [0, 0.05) is 11.5 Å². The Morgan fingerprint density at radius 3 is 1.61 bits per heavy atom. The molecule has 0 saturated heterocycles. The second-order valence-electron chi connectivity index (χ2n) is 12.5. The SMILES string of the molecule is CCCCCCCCCCCCCC[C@@H](O)[C@@H](O)[C@H](CO[Si](c1ccccc1)(c1ccccc1)C(C)(C)C)N=[N+]=[N-]. The van der Waals surface area contributed by atoms with Gasteiger partial charge in [-0.2, -0.15) is 0 Å². The summed E-state index contributed by atoms with van der Waals surface area (Å²) < 4.78 is 6.87. The molecule has 0 saturated carbocycles. The highest BCUT2D eigenvalue weighted by Gasteiger charge is 2.50. The molecule has 228 valence electrons. The van der Waals surface area contributed by atoms with Gasteiger partial charge in [-0.05, 0) is 27.4 Å². The number of aliphatic hydroxyl groups excluding tert-OH is 2. The third kappa shape index (κ3) is 11.2. The number of aliphatic hydroxyl groups is 2. The van der Waals surface area contributed by atoms with Gasteiger partial charge >= 0.3 is 0 Å². The lowest BCUT2D eigenvalue weighted by Gasteiger charge is -2.43. The third-order valence-electron chi connectivity index (χ3n) is 8.23. The van der Waals surface area contributed by atoms with E-state index in [2.05, 4.69) is 62.0 Å². The van der Waals surface area contributed by atoms with Crippen molar-refractivity contribution in [3.8, 4) is 0 Å². The second kappa shape index (κ2) is 19.1. The number of hydrogen-bond acceptors (Lipinski definition) is 4. The van der Waals surface area contributed by atoms with Crippen molar-refractivity contribution in [2.24, 2.45) is 5.11 Å². The minimum absolute atomic E-state index is 0.0357. The normalized spacial score (nSPS) is 14.3. The molecule has 0 amide bonds. The molecule has 0 aliphatic carbocycles. The summed E-state index contributed by atoms with van der Waals surface area (Å²) in [6.07, 6.45) is 13.3. The Morgan fingerprint density at radius 2 is 1.20 bits per heavy atom. The molecule has 0 aliphatic heterocycles. The molecule has 7 heteroatoms. The summed E-state index contributed by atoms with van der Waals surface area (Å²) in [6.45, 7) is 8.83. The van der Waals surface area contributed by atoms with Crippen LogP contribution < -0.4 is 10.4 Å². The highest BCUT2D eigenvalue weighted by molar-refractivity contribution is 6.99. The Bertz CT molecular complexity index is 954. The fourth-order valence-corrected chi connectivity index (χ4v) is 10.4. The van der Waals surface area contributed by atoms with E-state index in [1.54, 1.807) is 0 Å². The summed E-state index contributed by atoms with van der Waals surface area (Å²) in [4.78, 5) is 3.00. The molecule has 41 heavy (non-hydrogen) atoms. The molecule has 0 fully saturated rings. The van der Waals surface area contributed by atoms with Gasteiger partial charge in [0.1, 0.15) is 0 Å². The molecule has 2 aromatic rings. The molecule has 0 aromatic heterocycles. The van der Waals surface area contributed by atoms with Gasteiger partial charge < -0.3 is 14.6 Å². The lowest BCUT2D eigenvalue weighted by Crippen LogP contribution is -2.67. The molecule has 2 rings (SSSR count). The number of rotatable bonds is 21. The maximum absolute atomic E-state index is 11.0. The Morgan fingerprint density at radius 1 is 0.756 bits per heavy atom. The van der Waals surface area contributed by atoms with Crippen LogP contribution in [0.5, 0.6) is 0 Å². The van der Waals surface area contributed by atoms with Crippen molar-refractivity contribution in [1.29, 1.82) is 0 Å². The fourth-order valence-electron chi connectivity index (χ4n) is 5.86. The topological polar surface area (TPSA) is 98.5 Å². The summed E-state index contributed by atoms with van der Waals surface area (Å²) >= 11 is 0. The predicted octanol–water partition coefficient (Wildman–Crippen LogP) is 8.05. The van der Waals surface area contributed by atoms with Crippen molar-refractivity contribution in [1.82, 2.24) is 0 Å². The fraction of sp³-hybridized carbons (Fsp3) is 0.647. The lowest BCUT2D eigenvalue weighted by molar-refractivity contribution is -0.0106. The molecular formula is C34H55N3O3Si. The molecule has 0 heterocycles. The van der Waals surface area contributed by atoms with Crippen molar-refractivity contribution in [3.05, 3.63) is 71.1 Å². The van der Waals surface area contributed by atoms with Crippen molar-refractivity contribution in [3.63, 3.8) is 0 Å². The van der Waals surface area contributed by atoms with Gasteiger partial charge in [-0.3, -0.25) is 0 Å². The molecule has 0 unspecified atom stereocenters. The molecule has 0 radical (unpaired) electrons. The number of benzene rings is 2. The maximum Gasteiger partial charge on any atom is 0.261 e. The standard InChI is InChI=1S/C34H55N3O3Si/c1-5-6-7-8-9-10-11-12-13-14-15-22-27-32(38)33(39)31(36-37-35)28-40-41(34(2,3)4,29-23-18-16-19-24-29)30-25-20-17-21-26-30/h16-21,23-26,31-33,38-39H,5-15,22,27-28H2,1-4H3/t31-,32+,33-/m0/s1. The van der Waals surface area contributed by atoms with E-state index in [0.717, 1.165) is 29.6 Å². The van der Waals surface area contributed by atoms with E-state index in [-0.39, 0.29) is 11.6 Å². The third-order valence-corrected chi connectivity index (χ3v) is 13.2. The highest BCUT2D eigenvalue weighted by atomic mass is 28.4. The van der Waals surface area contributed by atoms with E-state index in [1.165, 1.54) is 57.8 Å². The van der Waals surface area contributed by atoms with Crippen LogP contribution in [-0.2, 0) is 4.43 Å². The number of hydrogen-bond donors (Lipinski definition) is 2. The number of nitrogens with zero attached hydrogens (tertiary/aromatic N) is 3. The Balaban J connectivity index is 1.94. The summed E-state index contributed by atoms with van der Waals surface area (Å²) in [5, 5.41) is 27.8. The van der Waals surface area contributed by atoms with Crippen molar-refractivity contribution >= 4 is 18.7 Å². The minimum atomic E-state index is -2.86. The number of azide groups is 1. The molecular weight excluding hydrogens is 526 g/mol. The maximum atomic E-state index is 11.0. The van der Waals surface area contributed by atoms with E-state index in [9.17, 15) is 15.7 Å². The average Bonchev–Trinajstić information content (AvgIpc) is 2.97. The molecule has 3 atom stereocenters. The molecule has 6 nitrogen and oxygen atoms in total. The lowest BCUT2D eigenvalue weighted by atomic mass is 10.00. The van der Waals surface area contributed by atoms with Crippen LogP contribution in [-0.4, -0.2) is 43.4 Å². The van der Waals surface area contributed by atoms with E-state index in [1.807, 2.05) is 36.4 Å². The Labute approximate surface area is 250 Å². The number of unbranched alkanes of at least 4 members (excludes halogenated alkanes) is 11. The van der Waals surface area contributed by atoms with Gasteiger partial charge in [0.25, 0.3) is 8.32 Å². The van der Waals surface area contributed by atoms with Crippen LogP contribution in [0.4, 0.5) is 0 Å². The largest absolute Gasteiger partial charge is 0.407 e. The summed E-state index contributed by atoms with van der Waals surface area (Å²) in [6, 6.07) is 19.6. The minimum Gasteiger partial charge on any atom is -0.407 e. The summed E-state index contributed by atoms with van der Waals surface area (Å²) in [5.74, 6) is 0. The monoisotopic (exact) mass is 581 g/mol. The van der Waals surface area contributed by atoms with Crippen LogP contribution in [0.1, 0.15) is 111 Å². The van der Waals surface area contributed by atoms with Crippen molar-refractivity contribution in [2.45, 2.75) is 134 Å². The van der Waals surface area contributed by atoms with Crippen LogP contribution in [0.3, 0.4) is 0 Å². The average molecular weight is 582 g/mol. The molecule has 0 spiro atoms. The zero-order valence-electron chi connectivity index (χ0n) is 26.0. The molecule has 0 bridgehead atoms. The van der Waals surface area contributed by atoms with E-state index in [0.29, 0.717) is 6.42 Å². The van der Waals surface area contributed by atoms with E-state index >= 15 is 0 Å². The van der Waals surface area contributed by atoms with E-state index in [4.69, 9.17) is 4.43 Å². The summed E-state index contributed by atoms with van der Waals surface area (Å²) in [5.41, 5.74) is 9.30. The summed E-state index contributed by atoms with van der Waals surface area (Å²) in [7, 11) is -2.86. The molecule has 2 N–H and O–H groups in total. The zero-order valence-corrected chi connectivity index (χ0v) is 27.0. The Kier molecular flexibility index (Phi) is 16.3. The van der Waals surface area contributed by atoms with Crippen LogP contribution in [0.2, 0.25) is 5.04 Å². The van der Waals surface area contributed by atoms with Gasteiger partial charge in [0.2, 0.25) is 0 Å². The van der Waals surface area contributed by atoms with Gasteiger partial charge in [-0.25, -0.2) is 0 Å². The van der Waals surface area contributed by atoms with E-state index < -0.39 is 26.6 Å². The van der Waals surface area contributed by atoms with Crippen LogP contribution in [0.15, 0.2) is 65.8 Å². The van der Waals surface area contributed by atoms with Gasteiger partial charge in [-0.1, -0.05) is 171 Å². The van der Waals surface area contributed by atoms with Crippen LogP contribution in [0, 0.1) is 0 Å².